The molecule has 0 aliphatic carbocycles. The number of hydrogen-bond donors (Lipinski definition) is 0. The second-order valence-electron chi connectivity index (χ2n) is 3.93. The average molecular weight is 372 g/mol. The van der Waals surface area contributed by atoms with Crippen LogP contribution in [0.1, 0.15) is 16.0 Å². The van der Waals surface area contributed by atoms with Gasteiger partial charge < -0.3 is 0 Å². The molecule has 0 saturated carbocycles. The van der Waals surface area contributed by atoms with Crippen molar-refractivity contribution in [3.8, 4) is 0 Å². The van der Waals surface area contributed by atoms with E-state index in [1.54, 1.807) is 0 Å². The lowest BCUT2D eigenvalue weighted by Gasteiger charge is -2.14. The van der Waals surface area contributed by atoms with Gasteiger partial charge in [-0.1, -0.05) is 27.5 Å². The second kappa shape index (κ2) is 5.69. The molecule has 0 aliphatic rings. The summed E-state index contributed by atoms with van der Waals surface area (Å²) in [6.45, 7) is 0. The van der Waals surface area contributed by atoms with Gasteiger partial charge in [0, 0.05) is 23.3 Å². The Labute approximate surface area is 124 Å². The number of rotatable bonds is 2. The fraction of sp³-hybridized carbons (Fsp3) is 0.0769. The number of halogens is 7. The zero-order valence-corrected chi connectivity index (χ0v) is 11.9. The van der Waals surface area contributed by atoms with Crippen LogP contribution in [0.25, 0.3) is 0 Å². The predicted molar refractivity (Wildman–Crippen MR) is 68.5 cm³/mol. The Morgan fingerprint density at radius 1 is 0.800 bits per heavy atom. The molecule has 1 unspecified atom stereocenters. The number of alkyl halides is 1. The molecule has 0 N–H and O–H groups in total. The molecule has 0 spiro atoms. The highest BCUT2D eigenvalue weighted by Gasteiger charge is 2.24. The molecule has 20 heavy (non-hydrogen) atoms. The van der Waals surface area contributed by atoms with Crippen molar-refractivity contribution in [1.29, 1.82) is 0 Å². The molecule has 2 rings (SSSR count). The van der Waals surface area contributed by atoms with Crippen molar-refractivity contribution in [2.45, 2.75) is 4.83 Å². The molecule has 0 aromatic heterocycles. The molecular formula is C13H5BrClF5. The highest BCUT2D eigenvalue weighted by atomic mass is 79.9. The fourth-order valence-electron chi connectivity index (χ4n) is 1.68. The normalized spacial score (nSPS) is 12.6. The summed E-state index contributed by atoms with van der Waals surface area (Å²) in [4.78, 5) is -1.32. The highest BCUT2D eigenvalue weighted by Crippen LogP contribution is 2.37. The highest BCUT2D eigenvalue weighted by molar-refractivity contribution is 9.09. The molecule has 7 heteroatoms. The lowest BCUT2D eigenvalue weighted by atomic mass is 10.0. The maximum atomic E-state index is 13.7. The van der Waals surface area contributed by atoms with E-state index < -0.39 is 44.5 Å². The topological polar surface area (TPSA) is 0 Å². The van der Waals surface area contributed by atoms with Crippen molar-refractivity contribution >= 4 is 27.5 Å². The summed E-state index contributed by atoms with van der Waals surface area (Å²) in [5.41, 5.74) is -0.969. The monoisotopic (exact) mass is 370 g/mol. The number of hydrogen-bond acceptors (Lipinski definition) is 0. The standard InChI is InChI=1S/C13H5BrClF5/c14-13(6-3-9(18)7(15)4-8(6)17)12-10(19)1-5(16)2-11(12)20/h1-4,13H. The predicted octanol–water partition coefficient (Wildman–Crippen LogP) is 5.52. The first-order valence-corrected chi connectivity index (χ1v) is 6.53. The largest absolute Gasteiger partial charge is 0.207 e. The van der Waals surface area contributed by atoms with Gasteiger partial charge in [0.2, 0.25) is 0 Å². The van der Waals surface area contributed by atoms with Gasteiger partial charge >= 0.3 is 0 Å². The summed E-state index contributed by atoms with van der Waals surface area (Å²) in [6.07, 6.45) is 0. The van der Waals surface area contributed by atoms with Crippen molar-refractivity contribution in [2.75, 3.05) is 0 Å². The zero-order chi connectivity index (χ0) is 15.0. The van der Waals surface area contributed by atoms with E-state index in [1.807, 2.05) is 0 Å². The van der Waals surface area contributed by atoms with Crippen molar-refractivity contribution in [3.63, 3.8) is 0 Å². The van der Waals surface area contributed by atoms with Gasteiger partial charge in [0.25, 0.3) is 0 Å². The average Bonchev–Trinajstić information content (AvgIpc) is 2.32. The minimum Gasteiger partial charge on any atom is -0.207 e. The van der Waals surface area contributed by atoms with Gasteiger partial charge in [-0.05, 0) is 12.1 Å². The van der Waals surface area contributed by atoms with Gasteiger partial charge in [0.1, 0.15) is 29.1 Å². The maximum absolute atomic E-state index is 13.7. The van der Waals surface area contributed by atoms with Crippen LogP contribution in [0.5, 0.6) is 0 Å². The summed E-state index contributed by atoms with van der Waals surface area (Å²) in [5.74, 6) is -5.40. The number of benzene rings is 2. The lowest BCUT2D eigenvalue weighted by Crippen LogP contribution is -2.04. The van der Waals surface area contributed by atoms with Crippen LogP contribution in [0.2, 0.25) is 5.02 Å². The van der Waals surface area contributed by atoms with Crippen LogP contribution in [0, 0.1) is 29.1 Å². The van der Waals surface area contributed by atoms with Crippen LogP contribution < -0.4 is 0 Å². The van der Waals surface area contributed by atoms with Crippen molar-refractivity contribution in [2.24, 2.45) is 0 Å². The van der Waals surface area contributed by atoms with E-state index in [1.165, 1.54) is 0 Å². The van der Waals surface area contributed by atoms with Crippen molar-refractivity contribution in [3.05, 3.63) is 69.5 Å². The summed E-state index contributed by atoms with van der Waals surface area (Å²) in [7, 11) is 0. The van der Waals surface area contributed by atoms with Gasteiger partial charge in [0.15, 0.2) is 0 Å². The minimum atomic E-state index is -1.32. The quantitative estimate of drug-likeness (QED) is 0.370. The first-order valence-electron chi connectivity index (χ1n) is 5.24. The van der Waals surface area contributed by atoms with Gasteiger partial charge in [-0.15, -0.1) is 0 Å². The zero-order valence-electron chi connectivity index (χ0n) is 9.53. The van der Waals surface area contributed by atoms with E-state index in [0.29, 0.717) is 18.2 Å². The molecule has 0 saturated heterocycles. The van der Waals surface area contributed by atoms with Crippen LogP contribution in [0.3, 0.4) is 0 Å². The van der Waals surface area contributed by atoms with Gasteiger partial charge in [0.05, 0.1) is 9.85 Å². The maximum Gasteiger partial charge on any atom is 0.142 e. The van der Waals surface area contributed by atoms with Gasteiger partial charge in [-0.2, -0.15) is 0 Å². The van der Waals surface area contributed by atoms with Crippen LogP contribution in [0.4, 0.5) is 22.0 Å². The van der Waals surface area contributed by atoms with Crippen LogP contribution in [0.15, 0.2) is 24.3 Å². The molecule has 0 bridgehead atoms. The molecule has 0 aliphatic heterocycles. The fourth-order valence-corrected chi connectivity index (χ4v) is 2.62. The van der Waals surface area contributed by atoms with E-state index in [9.17, 15) is 22.0 Å². The molecule has 0 fully saturated rings. The summed E-state index contributed by atoms with van der Waals surface area (Å²) in [5, 5.41) is -0.453. The van der Waals surface area contributed by atoms with Gasteiger partial charge in [-0.3, -0.25) is 0 Å². The molecule has 2 aromatic carbocycles. The molecular weight excluding hydrogens is 366 g/mol. The Bertz CT molecular complexity index is 651. The third-order valence-corrected chi connectivity index (χ3v) is 3.85. The second-order valence-corrected chi connectivity index (χ2v) is 5.26. The van der Waals surface area contributed by atoms with E-state index in [-0.39, 0.29) is 5.56 Å². The Morgan fingerprint density at radius 2 is 1.35 bits per heavy atom. The smallest absolute Gasteiger partial charge is 0.142 e. The molecule has 0 heterocycles. The molecule has 2 aromatic rings. The molecule has 0 amide bonds. The first-order chi connectivity index (χ1) is 9.31. The molecule has 106 valence electrons. The molecule has 0 radical (unpaired) electrons. The Kier molecular flexibility index (Phi) is 4.34. The van der Waals surface area contributed by atoms with Crippen LogP contribution in [-0.2, 0) is 0 Å². The SMILES string of the molecule is Fc1cc(F)c(C(Br)c2cc(F)c(Cl)cc2F)c(F)c1. The van der Waals surface area contributed by atoms with Crippen LogP contribution in [-0.4, -0.2) is 0 Å². The van der Waals surface area contributed by atoms with Crippen molar-refractivity contribution < 1.29 is 22.0 Å². The van der Waals surface area contributed by atoms with Crippen LogP contribution >= 0.6 is 27.5 Å². The summed E-state index contributed by atoms with van der Waals surface area (Å²) >= 11 is 8.27. The molecule has 1 atom stereocenters. The first kappa shape index (κ1) is 15.3. The Morgan fingerprint density at radius 3 is 1.90 bits per heavy atom. The lowest BCUT2D eigenvalue weighted by molar-refractivity contribution is 0.524. The van der Waals surface area contributed by atoms with E-state index in [0.717, 1.165) is 6.07 Å². The summed E-state index contributed by atoms with van der Waals surface area (Å²) in [6, 6.07) is 2.33. The third kappa shape index (κ3) is 2.81. The Hall–Kier alpha value is -1.14. The van der Waals surface area contributed by atoms with Gasteiger partial charge in [-0.25, -0.2) is 22.0 Å². The third-order valence-electron chi connectivity index (χ3n) is 2.61. The van der Waals surface area contributed by atoms with E-state index in [2.05, 4.69) is 15.9 Å². The Balaban J connectivity index is 2.57. The molecule has 0 nitrogen and oxygen atoms in total. The van der Waals surface area contributed by atoms with E-state index >= 15 is 0 Å². The summed E-state index contributed by atoms with van der Waals surface area (Å²) < 4.78 is 67.1. The van der Waals surface area contributed by atoms with Crippen molar-refractivity contribution in [1.82, 2.24) is 0 Å². The minimum absolute atomic E-state index is 0.351. The van der Waals surface area contributed by atoms with E-state index in [4.69, 9.17) is 11.6 Å².